The molecule has 1 aliphatic heterocycles. The standard InChI is InChI=1S/C18H30N2O/c1-5-19-18(12-20-10-11-21-13-15(20)4)17-8-6-16(7-9-17)14(2)3/h6-9,14-15,18-19H,5,10-13H2,1-4H3. The highest BCUT2D eigenvalue weighted by atomic mass is 16.5. The van der Waals surface area contributed by atoms with Crippen molar-refractivity contribution in [1.29, 1.82) is 0 Å². The molecule has 2 rings (SSSR count). The van der Waals surface area contributed by atoms with E-state index in [1.165, 1.54) is 11.1 Å². The van der Waals surface area contributed by atoms with E-state index in [1.54, 1.807) is 0 Å². The lowest BCUT2D eigenvalue weighted by Gasteiger charge is -2.36. The van der Waals surface area contributed by atoms with E-state index >= 15 is 0 Å². The lowest BCUT2D eigenvalue weighted by molar-refractivity contribution is -0.00442. The van der Waals surface area contributed by atoms with Crippen molar-refractivity contribution in [3.63, 3.8) is 0 Å². The number of hydrogen-bond donors (Lipinski definition) is 1. The van der Waals surface area contributed by atoms with Crippen LogP contribution in [0.1, 0.15) is 50.8 Å². The van der Waals surface area contributed by atoms with E-state index in [1.807, 2.05) is 0 Å². The number of ether oxygens (including phenoxy) is 1. The quantitative estimate of drug-likeness (QED) is 0.871. The smallest absolute Gasteiger partial charge is 0.0619 e. The molecule has 0 aromatic heterocycles. The Morgan fingerprint density at radius 3 is 2.48 bits per heavy atom. The molecule has 1 aromatic rings. The Balaban J connectivity index is 2.06. The van der Waals surface area contributed by atoms with E-state index in [0.29, 0.717) is 18.0 Å². The molecule has 21 heavy (non-hydrogen) atoms. The Morgan fingerprint density at radius 1 is 1.24 bits per heavy atom. The van der Waals surface area contributed by atoms with Gasteiger partial charge in [0.2, 0.25) is 0 Å². The third-order valence-corrected chi connectivity index (χ3v) is 4.38. The van der Waals surface area contributed by atoms with Crippen LogP contribution in [0.25, 0.3) is 0 Å². The van der Waals surface area contributed by atoms with Crippen molar-refractivity contribution < 1.29 is 4.74 Å². The molecule has 3 heteroatoms. The first-order valence-corrected chi connectivity index (χ1v) is 8.26. The summed E-state index contributed by atoms with van der Waals surface area (Å²) in [5.74, 6) is 0.593. The topological polar surface area (TPSA) is 24.5 Å². The summed E-state index contributed by atoms with van der Waals surface area (Å²) in [7, 11) is 0. The van der Waals surface area contributed by atoms with Crippen LogP contribution in [-0.4, -0.2) is 43.8 Å². The highest BCUT2D eigenvalue weighted by Gasteiger charge is 2.22. The first-order valence-electron chi connectivity index (χ1n) is 8.26. The summed E-state index contributed by atoms with van der Waals surface area (Å²) in [5, 5.41) is 3.63. The maximum atomic E-state index is 5.54. The average Bonchev–Trinajstić information content (AvgIpc) is 2.49. The number of nitrogens with zero attached hydrogens (tertiary/aromatic N) is 1. The van der Waals surface area contributed by atoms with Crippen LogP contribution < -0.4 is 5.32 Å². The van der Waals surface area contributed by atoms with Crippen molar-refractivity contribution in [2.45, 2.75) is 45.7 Å². The minimum Gasteiger partial charge on any atom is -0.379 e. The summed E-state index contributed by atoms with van der Waals surface area (Å²) in [5.41, 5.74) is 2.80. The molecule has 2 atom stereocenters. The average molecular weight is 290 g/mol. The Labute approximate surface area is 129 Å². The molecule has 1 aliphatic rings. The molecule has 0 aliphatic carbocycles. The summed E-state index contributed by atoms with van der Waals surface area (Å²) >= 11 is 0. The van der Waals surface area contributed by atoms with Crippen molar-refractivity contribution in [3.8, 4) is 0 Å². The fourth-order valence-electron chi connectivity index (χ4n) is 2.91. The lowest BCUT2D eigenvalue weighted by atomic mass is 9.98. The Hall–Kier alpha value is -0.900. The number of rotatable bonds is 6. The maximum Gasteiger partial charge on any atom is 0.0619 e. The van der Waals surface area contributed by atoms with Gasteiger partial charge in [-0.15, -0.1) is 0 Å². The summed E-state index contributed by atoms with van der Waals surface area (Å²) < 4.78 is 5.54. The molecule has 3 nitrogen and oxygen atoms in total. The number of morpholine rings is 1. The van der Waals surface area contributed by atoms with Crippen molar-refractivity contribution in [2.75, 3.05) is 32.8 Å². The molecular formula is C18H30N2O. The third-order valence-electron chi connectivity index (χ3n) is 4.38. The number of likely N-dealkylation sites (N-methyl/N-ethyl adjacent to an activating group) is 1. The zero-order valence-electron chi connectivity index (χ0n) is 13.9. The van der Waals surface area contributed by atoms with Crippen molar-refractivity contribution in [1.82, 2.24) is 10.2 Å². The second kappa shape index (κ2) is 7.92. The molecule has 1 saturated heterocycles. The van der Waals surface area contributed by atoms with Crippen LogP contribution in [0.15, 0.2) is 24.3 Å². The molecule has 0 amide bonds. The number of hydrogen-bond acceptors (Lipinski definition) is 3. The number of nitrogens with one attached hydrogen (secondary N) is 1. The third kappa shape index (κ3) is 4.53. The molecule has 1 heterocycles. The molecule has 1 fully saturated rings. The van der Waals surface area contributed by atoms with Gasteiger partial charge in [-0.25, -0.2) is 0 Å². The van der Waals surface area contributed by atoms with E-state index in [9.17, 15) is 0 Å². The minimum atomic E-state index is 0.400. The van der Waals surface area contributed by atoms with Crippen LogP contribution in [-0.2, 0) is 4.74 Å². The lowest BCUT2D eigenvalue weighted by Crippen LogP contribution is -2.47. The SMILES string of the molecule is CCNC(CN1CCOCC1C)c1ccc(C(C)C)cc1. The second-order valence-electron chi connectivity index (χ2n) is 6.35. The Bertz CT molecular complexity index is 416. The minimum absolute atomic E-state index is 0.400. The summed E-state index contributed by atoms with van der Waals surface area (Å²) in [6.07, 6.45) is 0. The summed E-state index contributed by atoms with van der Waals surface area (Å²) in [4.78, 5) is 2.53. The zero-order valence-corrected chi connectivity index (χ0v) is 13.9. The summed E-state index contributed by atoms with van der Waals surface area (Å²) in [6.45, 7) is 13.7. The molecule has 1 aromatic carbocycles. The van der Waals surface area contributed by atoms with Gasteiger partial charge in [0.15, 0.2) is 0 Å². The molecular weight excluding hydrogens is 260 g/mol. The second-order valence-corrected chi connectivity index (χ2v) is 6.35. The van der Waals surface area contributed by atoms with Gasteiger partial charge in [-0.2, -0.15) is 0 Å². The predicted molar refractivity (Wildman–Crippen MR) is 88.8 cm³/mol. The van der Waals surface area contributed by atoms with Gasteiger partial charge in [0.05, 0.1) is 13.2 Å². The fourth-order valence-corrected chi connectivity index (χ4v) is 2.91. The zero-order chi connectivity index (χ0) is 15.2. The highest BCUT2D eigenvalue weighted by molar-refractivity contribution is 5.27. The normalized spacial score (nSPS) is 21.7. The first kappa shape index (κ1) is 16.5. The molecule has 118 valence electrons. The van der Waals surface area contributed by atoms with E-state index in [4.69, 9.17) is 4.74 Å². The summed E-state index contributed by atoms with van der Waals surface area (Å²) in [6, 6.07) is 10.0. The molecule has 0 saturated carbocycles. The Kier molecular flexibility index (Phi) is 6.22. The van der Waals surface area contributed by atoms with Crippen LogP contribution in [0.2, 0.25) is 0 Å². The van der Waals surface area contributed by atoms with Crippen LogP contribution >= 0.6 is 0 Å². The molecule has 1 N–H and O–H groups in total. The predicted octanol–water partition coefficient (Wildman–Crippen LogP) is 3.18. The van der Waals surface area contributed by atoms with Crippen LogP contribution in [0, 0.1) is 0 Å². The fraction of sp³-hybridized carbons (Fsp3) is 0.667. The maximum absolute atomic E-state index is 5.54. The van der Waals surface area contributed by atoms with Gasteiger partial charge in [0.1, 0.15) is 0 Å². The van der Waals surface area contributed by atoms with Gasteiger partial charge in [-0.3, -0.25) is 4.90 Å². The molecule has 0 spiro atoms. The van der Waals surface area contributed by atoms with Crippen molar-refractivity contribution in [3.05, 3.63) is 35.4 Å². The van der Waals surface area contributed by atoms with Gasteiger partial charge >= 0.3 is 0 Å². The van der Waals surface area contributed by atoms with Crippen LogP contribution in [0.5, 0.6) is 0 Å². The molecule has 0 bridgehead atoms. The molecule has 0 radical (unpaired) electrons. The van der Waals surface area contributed by atoms with Gasteiger partial charge in [-0.05, 0) is 30.5 Å². The molecule has 2 unspecified atom stereocenters. The first-order chi connectivity index (χ1) is 10.1. The van der Waals surface area contributed by atoms with Gasteiger partial charge in [0, 0.05) is 25.2 Å². The van der Waals surface area contributed by atoms with Gasteiger partial charge < -0.3 is 10.1 Å². The van der Waals surface area contributed by atoms with Crippen LogP contribution in [0.3, 0.4) is 0 Å². The Morgan fingerprint density at radius 2 is 1.90 bits per heavy atom. The number of benzene rings is 1. The van der Waals surface area contributed by atoms with Gasteiger partial charge in [0.25, 0.3) is 0 Å². The monoisotopic (exact) mass is 290 g/mol. The van der Waals surface area contributed by atoms with Crippen molar-refractivity contribution in [2.24, 2.45) is 0 Å². The van der Waals surface area contributed by atoms with E-state index < -0.39 is 0 Å². The largest absolute Gasteiger partial charge is 0.379 e. The van der Waals surface area contributed by atoms with E-state index in [2.05, 4.69) is 62.2 Å². The van der Waals surface area contributed by atoms with Crippen LogP contribution in [0.4, 0.5) is 0 Å². The van der Waals surface area contributed by atoms with E-state index in [-0.39, 0.29) is 0 Å². The van der Waals surface area contributed by atoms with Crippen molar-refractivity contribution >= 4 is 0 Å². The van der Waals surface area contributed by atoms with E-state index in [0.717, 1.165) is 32.8 Å². The highest BCUT2D eigenvalue weighted by Crippen LogP contribution is 2.21. The van der Waals surface area contributed by atoms with Gasteiger partial charge in [-0.1, -0.05) is 45.0 Å².